The molecule has 0 aliphatic heterocycles. The molecule has 0 aliphatic rings. The summed E-state index contributed by atoms with van der Waals surface area (Å²) in [4.78, 5) is 2.42. The van der Waals surface area contributed by atoms with Gasteiger partial charge in [0.05, 0.1) is 22.4 Å². The summed E-state index contributed by atoms with van der Waals surface area (Å²) < 4.78 is 2.46. The monoisotopic (exact) mass is 790 g/mol. The number of aromatic nitrogens is 1. The van der Waals surface area contributed by atoms with Gasteiger partial charge >= 0.3 is 0 Å². The van der Waals surface area contributed by atoms with Crippen molar-refractivity contribution in [2.24, 2.45) is 0 Å². The molecule has 2 heteroatoms. The largest absolute Gasteiger partial charge is 0.310 e. The number of anilines is 3. The quantitative estimate of drug-likeness (QED) is 0.141. The van der Waals surface area contributed by atoms with Crippen molar-refractivity contribution in [3.63, 3.8) is 0 Å². The zero-order chi connectivity index (χ0) is 41.2. The average molecular weight is 791 g/mol. The Morgan fingerprint density at radius 2 is 0.726 bits per heavy atom. The van der Waals surface area contributed by atoms with E-state index in [1.165, 1.54) is 60.8 Å². The Balaban J connectivity index is 1.10. The molecule has 0 aliphatic carbocycles. The first-order valence-corrected chi connectivity index (χ1v) is 21.3. The highest BCUT2D eigenvalue weighted by Gasteiger charge is 2.21. The molecule has 0 saturated heterocycles. The van der Waals surface area contributed by atoms with Gasteiger partial charge in [0.15, 0.2) is 0 Å². The standard InChI is InChI=1S/C60H42N2/c1-4-17-43(18-5-1)46-31-33-48(34-32-46)53-25-10-13-28-57(53)61(51-37-35-47(36-38-51)44-19-6-2-7-20-44)52-39-40-56-55-27-12-15-30-59(55)62(60(56)42-52)58-29-14-11-26-54(58)50-24-16-23-49(41-50)45-21-8-3-9-22-45/h1-42H. The highest BCUT2D eigenvalue weighted by Crippen LogP contribution is 2.44. The third-order valence-corrected chi connectivity index (χ3v) is 12.0. The third kappa shape index (κ3) is 6.84. The van der Waals surface area contributed by atoms with Gasteiger partial charge < -0.3 is 9.47 Å². The number of benzene rings is 10. The van der Waals surface area contributed by atoms with Gasteiger partial charge in [-0.25, -0.2) is 0 Å². The Kier molecular flexibility index (Phi) is 9.57. The molecule has 10 aromatic carbocycles. The molecule has 0 bridgehead atoms. The lowest BCUT2D eigenvalue weighted by Gasteiger charge is -2.28. The van der Waals surface area contributed by atoms with Crippen molar-refractivity contribution < 1.29 is 0 Å². The minimum absolute atomic E-state index is 1.07. The molecule has 0 radical (unpaired) electrons. The fourth-order valence-electron chi connectivity index (χ4n) is 9.01. The van der Waals surface area contributed by atoms with Crippen LogP contribution in [0.3, 0.4) is 0 Å². The topological polar surface area (TPSA) is 8.17 Å². The molecule has 0 unspecified atom stereocenters. The van der Waals surface area contributed by atoms with Crippen molar-refractivity contribution in [3.8, 4) is 61.3 Å². The van der Waals surface area contributed by atoms with E-state index in [0.717, 1.165) is 39.4 Å². The number of fused-ring (bicyclic) bond motifs is 3. The number of hydrogen-bond acceptors (Lipinski definition) is 1. The summed E-state index contributed by atoms with van der Waals surface area (Å²) in [7, 11) is 0. The smallest absolute Gasteiger partial charge is 0.0562 e. The fraction of sp³-hybridized carbons (Fsp3) is 0. The van der Waals surface area contributed by atoms with Gasteiger partial charge in [0.25, 0.3) is 0 Å². The summed E-state index contributed by atoms with van der Waals surface area (Å²) >= 11 is 0. The summed E-state index contributed by atoms with van der Waals surface area (Å²) in [6, 6.07) is 92.1. The van der Waals surface area contributed by atoms with E-state index in [-0.39, 0.29) is 0 Å². The van der Waals surface area contributed by atoms with E-state index in [9.17, 15) is 0 Å². The molecule has 0 saturated carbocycles. The van der Waals surface area contributed by atoms with Gasteiger partial charge in [0.1, 0.15) is 0 Å². The molecule has 1 aromatic heterocycles. The Hall–Kier alpha value is -8.20. The highest BCUT2D eigenvalue weighted by molar-refractivity contribution is 6.11. The Bertz CT molecular complexity index is 3310. The van der Waals surface area contributed by atoms with Crippen molar-refractivity contribution in [1.29, 1.82) is 0 Å². The molecule has 2 nitrogen and oxygen atoms in total. The fourth-order valence-corrected chi connectivity index (χ4v) is 9.01. The molecule has 62 heavy (non-hydrogen) atoms. The van der Waals surface area contributed by atoms with Crippen LogP contribution in [0.1, 0.15) is 0 Å². The second-order valence-electron chi connectivity index (χ2n) is 15.7. The zero-order valence-corrected chi connectivity index (χ0v) is 34.1. The lowest BCUT2D eigenvalue weighted by molar-refractivity contribution is 1.18. The lowest BCUT2D eigenvalue weighted by atomic mass is 9.98. The highest BCUT2D eigenvalue weighted by atomic mass is 15.1. The maximum atomic E-state index is 2.46. The van der Waals surface area contributed by atoms with Crippen LogP contribution in [0.25, 0.3) is 83.1 Å². The van der Waals surface area contributed by atoms with Gasteiger partial charge in [-0.1, -0.05) is 206 Å². The molecule has 11 rings (SSSR count). The first-order chi connectivity index (χ1) is 30.8. The Morgan fingerprint density at radius 1 is 0.258 bits per heavy atom. The minimum Gasteiger partial charge on any atom is -0.310 e. The van der Waals surface area contributed by atoms with Crippen molar-refractivity contribution >= 4 is 38.9 Å². The summed E-state index contributed by atoms with van der Waals surface area (Å²) in [6.45, 7) is 0. The molecular weight excluding hydrogens is 749 g/mol. The minimum atomic E-state index is 1.07. The SMILES string of the molecule is c1ccc(-c2ccc(-c3ccccc3N(c3ccc(-c4ccccc4)cc3)c3ccc4c5ccccc5n(-c5ccccc5-c5cccc(-c6ccccc6)c5)c4c3)cc2)cc1. The van der Waals surface area contributed by atoms with Gasteiger partial charge in [-0.05, 0) is 93.0 Å². The molecule has 0 spiro atoms. The Morgan fingerprint density at radius 3 is 1.42 bits per heavy atom. The summed E-state index contributed by atoms with van der Waals surface area (Å²) in [5, 5.41) is 2.43. The van der Waals surface area contributed by atoms with Crippen LogP contribution in [-0.4, -0.2) is 4.57 Å². The molecule has 0 amide bonds. The summed E-state index contributed by atoms with van der Waals surface area (Å²) in [5.41, 5.74) is 18.6. The second-order valence-corrected chi connectivity index (χ2v) is 15.7. The van der Waals surface area contributed by atoms with Crippen LogP contribution in [0.2, 0.25) is 0 Å². The molecule has 0 atom stereocenters. The van der Waals surface area contributed by atoms with Crippen molar-refractivity contribution in [1.82, 2.24) is 4.57 Å². The van der Waals surface area contributed by atoms with Gasteiger partial charge in [-0.15, -0.1) is 0 Å². The first-order valence-electron chi connectivity index (χ1n) is 21.3. The number of hydrogen-bond donors (Lipinski definition) is 0. The Labute approximate surface area is 362 Å². The van der Waals surface area contributed by atoms with E-state index >= 15 is 0 Å². The lowest BCUT2D eigenvalue weighted by Crippen LogP contribution is -2.11. The summed E-state index contributed by atoms with van der Waals surface area (Å²) in [6.07, 6.45) is 0. The number of nitrogens with zero attached hydrogens (tertiary/aromatic N) is 2. The number of para-hydroxylation sites is 3. The van der Waals surface area contributed by atoms with E-state index < -0.39 is 0 Å². The molecular formula is C60H42N2. The predicted molar refractivity (Wildman–Crippen MR) is 263 cm³/mol. The predicted octanol–water partition coefficient (Wildman–Crippen LogP) is 16.6. The van der Waals surface area contributed by atoms with Crippen molar-refractivity contribution in [3.05, 3.63) is 255 Å². The maximum absolute atomic E-state index is 2.46. The van der Waals surface area contributed by atoms with Crippen LogP contribution in [0.15, 0.2) is 255 Å². The van der Waals surface area contributed by atoms with Crippen LogP contribution >= 0.6 is 0 Å². The van der Waals surface area contributed by atoms with Crippen LogP contribution in [0.5, 0.6) is 0 Å². The molecule has 11 aromatic rings. The average Bonchev–Trinajstić information content (AvgIpc) is 3.69. The van der Waals surface area contributed by atoms with E-state index in [0.29, 0.717) is 0 Å². The maximum Gasteiger partial charge on any atom is 0.0562 e. The van der Waals surface area contributed by atoms with E-state index in [1.807, 2.05) is 0 Å². The molecule has 1 heterocycles. The normalized spacial score (nSPS) is 11.2. The van der Waals surface area contributed by atoms with E-state index in [4.69, 9.17) is 0 Å². The van der Waals surface area contributed by atoms with Crippen molar-refractivity contribution in [2.75, 3.05) is 4.90 Å². The van der Waals surface area contributed by atoms with Gasteiger partial charge in [0, 0.05) is 33.3 Å². The van der Waals surface area contributed by atoms with Gasteiger partial charge in [-0.2, -0.15) is 0 Å². The zero-order valence-electron chi connectivity index (χ0n) is 34.1. The number of rotatable bonds is 9. The second kappa shape index (κ2) is 16.1. The van der Waals surface area contributed by atoms with E-state index in [1.54, 1.807) is 0 Å². The first kappa shape index (κ1) is 36.8. The van der Waals surface area contributed by atoms with Gasteiger partial charge in [0.2, 0.25) is 0 Å². The van der Waals surface area contributed by atoms with Crippen LogP contribution in [0.4, 0.5) is 17.1 Å². The molecule has 292 valence electrons. The van der Waals surface area contributed by atoms with Crippen LogP contribution in [0, 0.1) is 0 Å². The van der Waals surface area contributed by atoms with Crippen molar-refractivity contribution in [2.45, 2.75) is 0 Å². The summed E-state index contributed by atoms with van der Waals surface area (Å²) in [5.74, 6) is 0. The molecule has 0 N–H and O–H groups in total. The van der Waals surface area contributed by atoms with Crippen LogP contribution < -0.4 is 4.90 Å². The van der Waals surface area contributed by atoms with Gasteiger partial charge in [-0.3, -0.25) is 0 Å². The molecule has 0 fully saturated rings. The van der Waals surface area contributed by atoms with Crippen LogP contribution in [-0.2, 0) is 0 Å². The van der Waals surface area contributed by atoms with E-state index in [2.05, 4.69) is 264 Å². The third-order valence-electron chi connectivity index (χ3n) is 12.0.